The van der Waals surface area contributed by atoms with Crippen LogP contribution in [-0.4, -0.2) is 4.98 Å². The Morgan fingerprint density at radius 3 is 2.69 bits per heavy atom. The van der Waals surface area contributed by atoms with E-state index < -0.39 is 0 Å². The van der Waals surface area contributed by atoms with E-state index in [1.807, 2.05) is 12.1 Å². The molecular formula is C9H5Cl2NS. The zero-order chi connectivity index (χ0) is 9.42. The highest BCUT2D eigenvalue weighted by molar-refractivity contribution is 7.71. The maximum atomic E-state index is 5.99. The first-order chi connectivity index (χ1) is 6.20. The summed E-state index contributed by atoms with van der Waals surface area (Å²) in [6.45, 7) is 0. The molecular weight excluding hydrogens is 225 g/mol. The summed E-state index contributed by atoms with van der Waals surface area (Å²) < 4.78 is 0.771. The molecule has 4 heteroatoms. The number of H-pyrrole nitrogens is 1. The average Bonchev–Trinajstić information content (AvgIpc) is 2.12. The maximum Gasteiger partial charge on any atom is 0.0833 e. The second kappa shape index (κ2) is 3.29. The van der Waals surface area contributed by atoms with Crippen LogP contribution in [0.15, 0.2) is 24.4 Å². The minimum absolute atomic E-state index is 0.519. The van der Waals surface area contributed by atoms with Gasteiger partial charge in [-0.25, -0.2) is 0 Å². The Hall–Kier alpha value is -0.570. The van der Waals surface area contributed by atoms with Crippen LogP contribution in [-0.2, 0) is 0 Å². The molecule has 0 atom stereocenters. The minimum Gasteiger partial charge on any atom is -0.360 e. The molecule has 1 heterocycles. The van der Waals surface area contributed by atoms with Crippen LogP contribution >= 0.6 is 35.4 Å². The molecule has 1 nitrogen and oxygen atoms in total. The predicted octanol–water partition coefficient (Wildman–Crippen LogP) is 4.20. The lowest BCUT2D eigenvalue weighted by molar-refractivity contribution is 1.41. The number of nitrogens with one attached hydrogen (secondary N) is 1. The standard InChI is InChI=1S/C9H5Cl2NS/c10-6-2-1-5-7(13)3-4-12-9(5)8(6)11/h1-4H,(H,12,13). The molecule has 1 aromatic heterocycles. The molecule has 66 valence electrons. The van der Waals surface area contributed by atoms with Gasteiger partial charge < -0.3 is 4.98 Å². The molecule has 0 saturated heterocycles. The SMILES string of the molecule is S=c1cc[nH]c2c(Cl)c(Cl)ccc12. The molecule has 0 bridgehead atoms. The number of fused-ring (bicyclic) bond motifs is 1. The lowest BCUT2D eigenvalue weighted by Crippen LogP contribution is -1.80. The Balaban J connectivity index is 3.03. The zero-order valence-corrected chi connectivity index (χ0v) is 8.80. The molecule has 0 aliphatic heterocycles. The Bertz CT molecular complexity index is 518. The van der Waals surface area contributed by atoms with Crippen LogP contribution < -0.4 is 0 Å². The van der Waals surface area contributed by atoms with Crippen LogP contribution in [0.2, 0.25) is 10.0 Å². The fourth-order valence-corrected chi connectivity index (χ4v) is 1.80. The largest absolute Gasteiger partial charge is 0.360 e. The van der Waals surface area contributed by atoms with Crippen molar-refractivity contribution in [3.8, 4) is 0 Å². The van der Waals surface area contributed by atoms with Crippen molar-refractivity contribution < 1.29 is 0 Å². The van der Waals surface area contributed by atoms with E-state index in [-0.39, 0.29) is 0 Å². The van der Waals surface area contributed by atoms with Gasteiger partial charge in [-0.1, -0.05) is 35.4 Å². The van der Waals surface area contributed by atoms with E-state index in [4.69, 9.17) is 35.4 Å². The molecule has 0 saturated carbocycles. The van der Waals surface area contributed by atoms with Gasteiger partial charge in [-0.3, -0.25) is 0 Å². The summed E-state index contributed by atoms with van der Waals surface area (Å²) in [4.78, 5) is 3.02. The maximum absolute atomic E-state index is 5.99. The third kappa shape index (κ3) is 1.46. The molecule has 0 unspecified atom stereocenters. The minimum atomic E-state index is 0.519. The summed E-state index contributed by atoms with van der Waals surface area (Å²) in [6.07, 6.45) is 1.76. The third-order valence-corrected chi connectivity index (χ3v) is 2.98. The highest BCUT2D eigenvalue weighted by Gasteiger charge is 2.03. The lowest BCUT2D eigenvalue weighted by Gasteiger charge is -2.01. The van der Waals surface area contributed by atoms with Gasteiger partial charge in [0.25, 0.3) is 0 Å². The van der Waals surface area contributed by atoms with Crippen LogP contribution in [0.25, 0.3) is 10.9 Å². The zero-order valence-electron chi connectivity index (χ0n) is 6.47. The molecule has 0 amide bonds. The van der Waals surface area contributed by atoms with E-state index in [2.05, 4.69) is 4.98 Å². The van der Waals surface area contributed by atoms with Gasteiger partial charge in [0.05, 0.1) is 15.6 Å². The molecule has 0 fully saturated rings. The Morgan fingerprint density at radius 1 is 1.15 bits per heavy atom. The van der Waals surface area contributed by atoms with Crippen LogP contribution in [0.5, 0.6) is 0 Å². The third-order valence-electron chi connectivity index (χ3n) is 1.82. The quantitative estimate of drug-likeness (QED) is 0.670. The number of benzene rings is 1. The molecule has 0 radical (unpaired) electrons. The molecule has 2 aromatic rings. The van der Waals surface area contributed by atoms with Crippen molar-refractivity contribution in [2.24, 2.45) is 0 Å². The van der Waals surface area contributed by atoms with Crippen molar-refractivity contribution in [3.05, 3.63) is 39.0 Å². The van der Waals surface area contributed by atoms with Crippen LogP contribution in [0, 0.1) is 4.51 Å². The number of pyridine rings is 1. The summed E-state index contributed by atoms with van der Waals surface area (Å²) in [5, 5.41) is 1.98. The van der Waals surface area contributed by atoms with Crippen molar-refractivity contribution in [1.29, 1.82) is 0 Å². The van der Waals surface area contributed by atoms with Crippen LogP contribution in [0.1, 0.15) is 0 Å². The van der Waals surface area contributed by atoms with Crippen molar-refractivity contribution in [2.75, 3.05) is 0 Å². The van der Waals surface area contributed by atoms with Crippen molar-refractivity contribution >= 4 is 46.3 Å². The monoisotopic (exact) mass is 229 g/mol. The van der Waals surface area contributed by atoms with E-state index >= 15 is 0 Å². The molecule has 1 N–H and O–H groups in total. The topological polar surface area (TPSA) is 15.8 Å². The number of halogens is 2. The van der Waals surface area contributed by atoms with Crippen molar-refractivity contribution in [2.45, 2.75) is 0 Å². The number of hydrogen-bond donors (Lipinski definition) is 1. The second-order valence-electron chi connectivity index (χ2n) is 2.63. The summed E-state index contributed by atoms with van der Waals surface area (Å²) in [7, 11) is 0. The summed E-state index contributed by atoms with van der Waals surface area (Å²) in [5.41, 5.74) is 0.793. The Morgan fingerprint density at radius 2 is 1.92 bits per heavy atom. The van der Waals surface area contributed by atoms with Crippen molar-refractivity contribution in [1.82, 2.24) is 4.98 Å². The Labute approximate surface area is 90.3 Å². The van der Waals surface area contributed by atoms with Gasteiger partial charge in [0.1, 0.15) is 0 Å². The first-order valence-electron chi connectivity index (χ1n) is 3.65. The fourth-order valence-electron chi connectivity index (χ4n) is 1.19. The van der Waals surface area contributed by atoms with E-state index in [1.54, 1.807) is 12.3 Å². The number of aromatic nitrogens is 1. The normalized spacial score (nSPS) is 10.6. The van der Waals surface area contributed by atoms with E-state index in [0.29, 0.717) is 10.0 Å². The Kier molecular flexibility index (Phi) is 2.28. The molecule has 0 aliphatic rings. The van der Waals surface area contributed by atoms with Gasteiger partial charge in [-0.05, 0) is 18.2 Å². The predicted molar refractivity (Wildman–Crippen MR) is 59.2 cm³/mol. The molecule has 13 heavy (non-hydrogen) atoms. The smallest absolute Gasteiger partial charge is 0.0833 e. The van der Waals surface area contributed by atoms with Gasteiger partial charge >= 0.3 is 0 Å². The first kappa shape index (κ1) is 9.00. The molecule has 1 aromatic carbocycles. The second-order valence-corrected chi connectivity index (χ2v) is 3.85. The molecule has 0 spiro atoms. The molecule has 2 rings (SSSR count). The van der Waals surface area contributed by atoms with Gasteiger partial charge in [0, 0.05) is 16.1 Å². The lowest BCUT2D eigenvalue weighted by atomic mass is 10.2. The first-order valence-corrected chi connectivity index (χ1v) is 4.82. The van der Waals surface area contributed by atoms with E-state index in [9.17, 15) is 0 Å². The van der Waals surface area contributed by atoms with Crippen molar-refractivity contribution in [3.63, 3.8) is 0 Å². The summed E-state index contributed by atoms with van der Waals surface area (Å²) >= 11 is 17.0. The number of rotatable bonds is 0. The summed E-state index contributed by atoms with van der Waals surface area (Å²) in [6, 6.07) is 5.43. The highest BCUT2D eigenvalue weighted by atomic mass is 35.5. The number of hydrogen-bond acceptors (Lipinski definition) is 1. The molecule has 0 aliphatic carbocycles. The van der Waals surface area contributed by atoms with E-state index in [1.165, 1.54) is 0 Å². The van der Waals surface area contributed by atoms with Gasteiger partial charge in [-0.2, -0.15) is 0 Å². The van der Waals surface area contributed by atoms with Crippen LogP contribution in [0.4, 0.5) is 0 Å². The average molecular weight is 230 g/mol. The fraction of sp³-hybridized carbons (Fsp3) is 0. The van der Waals surface area contributed by atoms with Gasteiger partial charge in [-0.15, -0.1) is 0 Å². The highest BCUT2D eigenvalue weighted by Crippen LogP contribution is 2.29. The number of aromatic amines is 1. The van der Waals surface area contributed by atoms with Gasteiger partial charge in [0.15, 0.2) is 0 Å². The van der Waals surface area contributed by atoms with E-state index in [0.717, 1.165) is 15.4 Å². The van der Waals surface area contributed by atoms with Crippen LogP contribution in [0.3, 0.4) is 0 Å². The summed E-state index contributed by atoms with van der Waals surface area (Å²) in [5.74, 6) is 0. The van der Waals surface area contributed by atoms with Gasteiger partial charge in [0.2, 0.25) is 0 Å².